The number of carbonyl (C=O) groups is 1. The summed E-state index contributed by atoms with van der Waals surface area (Å²) in [6.45, 7) is 2.42. The number of halogens is 3. The van der Waals surface area contributed by atoms with E-state index < -0.39 is 5.54 Å². The second-order valence-electron chi connectivity index (χ2n) is 7.53. The molecule has 0 heterocycles. The van der Waals surface area contributed by atoms with Crippen molar-refractivity contribution in [2.24, 2.45) is 0 Å². The fraction of sp³-hybridized carbons (Fsp3) is 0.409. The second kappa shape index (κ2) is 9.25. The minimum absolute atomic E-state index is 0.0618. The van der Waals surface area contributed by atoms with Crippen molar-refractivity contribution in [3.05, 3.63) is 63.9 Å². The quantitative estimate of drug-likeness (QED) is 0.584. The maximum Gasteiger partial charge on any atom is 0.244 e. The summed E-state index contributed by atoms with van der Waals surface area (Å²) >= 11 is 12.0. The summed E-state index contributed by atoms with van der Waals surface area (Å²) in [6.07, 6.45) is 4.59. The predicted molar refractivity (Wildman–Crippen MR) is 114 cm³/mol. The van der Waals surface area contributed by atoms with Gasteiger partial charge in [0.2, 0.25) is 5.91 Å². The molecular formula is C22H25Cl2FN2O. The largest absolute Gasteiger partial charge is 0.324 e. The van der Waals surface area contributed by atoms with E-state index in [9.17, 15) is 9.18 Å². The summed E-state index contributed by atoms with van der Waals surface area (Å²) in [7, 11) is 0. The molecule has 1 amide bonds. The van der Waals surface area contributed by atoms with E-state index in [1.54, 1.807) is 30.3 Å². The Balaban J connectivity index is 1.74. The number of nitrogens with one attached hydrogen (secondary N) is 2. The number of carbonyl (C=O) groups excluding carboxylic acids is 1. The molecule has 2 N–H and O–H groups in total. The Morgan fingerprint density at radius 1 is 1.14 bits per heavy atom. The molecule has 1 aliphatic rings. The van der Waals surface area contributed by atoms with Gasteiger partial charge in [0.15, 0.2) is 0 Å². The van der Waals surface area contributed by atoms with E-state index in [1.165, 1.54) is 0 Å². The number of hydrogen-bond acceptors (Lipinski definition) is 2. The van der Waals surface area contributed by atoms with Gasteiger partial charge in [0.05, 0.1) is 10.6 Å². The molecule has 0 aliphatic heterocycles. The monoisotopic (exact) mass is 422 g/mol. The molecule has 1 fully saturated rings. The highest BCUT2D eigenvalue weighted by Crippen LogP contribution is 2.31. The van der Waals surface area contributed by atoms with Crippen molar-refractivity contribution in [1.29, 1.82) is 0 Å². The van der Waals surface area contributed by atoms with Crippen LogP contribution in [0.15, 0.2) is 42.5 Å². The highest BCUT2D eigenvalue weighted by Gasteiger charge is 2.39. The lowest BCUT2D eigenvalue weighted by Gasteiger charge is -2.37. The number of hydrogen-bond donors (Lipinski definition) is 2. The molecule has 0 spiro atoms. The molecule has 1 unspecified atom stereocenters. The summed E-state index contributed by atoms with van der Waals surface area (Å²) in [6, 6.07) is 12.2. The zero-order chi connectivity index (χ0) is 20.1. The van der Waals surface area contributed by atoms with Gasteiger partial charge in [-0.3, -0.25) is 4.79 Å². The van der Waals surface area contributed by atoms with Crippen LogP contribution in [-0.2, 0) is 4.79 Å². The third-order valence-electron chi connectivity index (χ3n) is 5.48. The average molecular weight is 423 g/mol. The number of anilines is 1. The molecule has 0 aromatic heterocycles. The Morgan fingerprint density at radius 2 is 1.86 bits per heavy atom. The fourth-order valence-electron chi connectivity index (χ4n) is 3.82. The lowest BCUT2D eigenvalue weighted by molar-refractivity contribution is -0.123. The molecule has 0 saturated heterocycles. The predicted octanol–water partition coefficient (Wildman–Crippen LogP) is 6.17. The Morgan fingerprint density at radius 3 is 2.57 bits per heavy atom. The summed E-state index contributed by atoms with van der Waals surface area (Å²) in [5, 5.41) is 7.15. The van der Waals surface area contributed by atoms with Crippen LogP contribution in [0.2, 0.25) is 10.0 Å². The van der Waals surface area contributed by atoms with Gasteiger partial charge in [-0.2, -0.15) is 0 Å². The summed E-state index contributed by atoms with van der Waals surface area (Å²) in [5.74, 6) is -0.566. The van der Waals surface area contributed by atoms with Crippen LogP contribution in [0.25, 0.3) is 0 Å². The summed E-state index contributed by atoms with van der Waals surface area (Å²) in [4.78, 5) is 13.2. The lowest BCUT2D eigenvalue weighted by Crippen LogP contribution is -2.56. The van der Waals surface area contributed by atoms with E-state index in [1.807, 2.05) is 19.1 Å². The first-order chi connectivity index (χ1) is 13.4. The molecule has 3 nitrogen and oxygen atoms in total. The van der Waals surface area contributed by atoms with Crippen LogP contribution in [0.5, 0.6) is 0 Å². The second-order valence-corrected chi connectivity index (χ2v) is 8.38. The first kappa shape index (κ1) is 21.1. The van der Waals surface area contributed by atoms with Crippen LogP contribution in [-0.4, -0.2) is 18.0 Å². The van der Waals surface area contributed by atoms with Crippen LogP contribution >= 0.6 is 23.2 Å². The van der Waals surface area contributed by atoms with Gasteiger partial charge in [0.1, 0.15) is 5.82 Å². The first-order valence-electron chi connectivity index (χ1n) is 9.67. The van der Waals surface area contributed by atoms with Gasteiger partial charge in [0.25, 0.3) is 0 Å². The molecule has 150 valence electrons. The highest BCUT2D eigenvalue weighted by molar-refractivity contribution is 6.31. The zero-order valence-corrected chi connectivity index (χ0v) is 17.4. The molecule has 2 aromatic carbocycles. The van der Waals surface area contributed by atoms with Gasteiger partial charge in [0, 0.05) is 17.3 Å². The van der Waals surface area contributed by atoms with Crippen LogP contribution in [0, 0.1) is 5.82 Å². The van der Waals surface area contributed by atoms with Gasteiger partial charge in [-0.15, -0.1) is 0 Å². The van der Waals surface area contributed by atoms with E-state index in [2.05, 4.69) is 10.6 Å². The number of benzene rings is 2. The molecule has 0 bridgehead atoms. The Bertz CT molecular complexity index is 837. The molecule has 6 heteroatoms. The van der Waals surface area contributed by atoms with Crippen LogP contribution < -0.4 is 10.6 Å². The highest BCUT2D eigenvalue weighted by atomic mass is 35.5. The summed E-state index contributed by atoms with van der Waals surface area (Å²) < 4.78 is 14.3. The van der Waals surface area contributed by atoms with Gasteiger partial charge in [-0.25, -0.2) is 4.39 Å². The zero-order valence-electron chi connectivity index (χ0n) is 15.9. The van der Waals surface area contributed by atoms with E-state index in [4.69, 9.17) is 23.2 Å². The molecule has 2 aromatic rings. The number of amides is 1. The Hall–Kier alpha value is -1.62. The van der Waals surface area contributed by atoms with Gasteiger partial charge in [-0.05, 0) is 48.6 Å². The maximum absolute atomic E-state index is 14.3. The van der Waals surface area contributed by atoms with Crippen molar-refractivity contribution < 1.29 is 9.18 Å². The van der Waals surface area contributed by atoms with Gasteiger partial charge in [-0.1, -0.05) is 67.6 Å². The minimum atomic E-state index is -0.663. The van der Waals surface area contributed by atoms with Crippen molar-refractivity contribution in [1.82, 2.24) is 5.32 Å². The molecule has 28 heavy (non-hydrogen) atoms. The van der Waals surface area contributed by atoms with Crippen molar-refractivity contribution in [3.63, 3.8) is 0 Å². The molecule has 0 radical (unpaired) electrons. The van der Waals surface area contributed by atoms with Gasteiger partial charge >= 0.3 is 0 Å². The fourth-order valence-corrected chi connectivity index (χ4v) is 4.19. The van der Waals surface area contributed by atoms with E-state index >= 15 is 0 Å². The van der Waals surface area contributed by atoms with Crippen molar-refractivity contribution in [2.75, 3.05) is 11.9 Å². The topological polar surface area (TPSA) is 41.1 Å². The standard InChI is InChI=1S/C22H25Cl2FN2O/c1-15(18-9-6-10-19(24)20(18)25)14-26-22(11-3-2-4-12-22)21(28)27-17-8-5-7-16(23)13-17/h5-10,13,15,26H,2-4,11-12,14H2,1H3,(H,27,28). The Labute approximate surface area is 175 Å². The van der Waals surface area contributed by atoms with E-state index in [-0.39, 0.29) is 22.7 Å². The summed E-state index contributed by atoms with van der Waals surface area (Å²) in [5.41, 5.74) is 0.573. The van der Waals surface area contributed by atoms with Crippen molar-refractivity contribution >= 4 is 34.8 Å². The third-order valence-corrected chi connectivity index (χ3v) is 6.01. The normalized spacial score (nSPS) is 17.1. The minimum Gasteiger partial charge on any atom is -0.324 e. The lowest BCUT2D eigenvalue weighted by atomic mass is 9.80. The molecule has 1 atom stereocenters. The number of rotatable bonds is 6. The third kappa shape index (κ3) is 4.86. The van der Waals surface area contributed by atoms with Crippen molar-refractivity contribution in [3.8, 4) is 0 Å². The Kier molecular flexibility index (Phi) is 6.97. The smallest absolute Gasteiger partial charge is 0.244 e. The SMILES string of the molecule is CC(CNC1(C(=O)Nc2cccc(Cl)c2)CCCCC1)c1cccc(Cl)c1F. The van der Waals surface area contributed by atoms with Crippen LogP contribution in [0.3, 0.4) is 0 Å². The van der Waals surface area contributed by atoms with Crippen LogP contribution in [0.1, 0.15) is 50.5 Å². The molecular weight excluding hydrogens is 398 g/mol. The average Bonchev–Trinajstić information content (AvgIpc) is 2.69. The van der Waals surface area contributed by atoms with Gasteiger partial charge < -0.3 is 10.6 Å². The van der Waals surface area contributed by atoms with Crippen molar-refractivity contribution in [2.45, 2.75) is 50.5 Å². The molecule has 3 rings (SSSR count). The maximum atomic E-state index is 14.3. The molecule has 1 aliphatic carbocycles. The van der Waals surface area contributed by atoms with Crippen LogP contribution in [0.4, 0.5) is 10.1 Å². The first-order valence-corrected chi connectivity index (χ1v) is 10.4. The van der Waals surface area contributed by atoms with E-state index in [0.717, 1.165) is 32.1 Å². The van der Waals surface area contributed by atoms with E-state index in [0.29, 0.717) is 22.8 Å². The molecule has 1 saturated carbocycles.